The number of amides is 1. The van der Waals surface area contributed by atoms with Crippen LogP contribution in [0.15, 0.2) is 28.7 Å². The van der Waals surface area contributed by atoms with E-state index in [0.29, 0.717) is 13.0 Å². The van der Waals surface area contributed by atoms with Gasteiger partial charge in [-0.2, -0.15) is 0 Å². The zero-order chi connectivity index (χ0) is 13.5. The van der Waals surface area contributed by atoms with Gasteiger partial charge in [-0.3, -0.25) is 4.79 Å². The number of nitrogens with one attached hydrogen (secondary N) is 1. The Hall–Kier alpha value is -1.36. The molecule has 18 heavy (non-hydrogen) atoms. The maximum atomic E-state index is 11.7. The molecule has 1 atom stereocenters. The molecule has 0 saturated heterocycles. The van der Waals surface area contributed by atoms with Crippen LogP contribution < -0.4 is 5.32 Å². The second kappa shape index (κ2) is 7.16. The zero-order valence-corrected chi connectivity index (χ0v) is 12.0. The van der Waals surface area contributed by atoms with Crippen molar-refractivity contribution in [2.75, 3.05) is 6.61 Å². The van der Waals surface area contributed by atoms with Crippen molar-refractivity contribution in [3.63, 3.8) is 0 Å². The summed E-state index contributed by atoms with van der Waals surface area (Å²) in [5.41, 5.74) is 0.963. The summed E-state index contributed by atoms with van der Waals surface area (Å²) < 4.78 is 5.91. The van der Waals surface area contributed by atoms with Gasteiger partial charge in [0.25, 0.3) is 0 Å². The third-order valence-electron chi connectivity index (χ3n) is 2.30. The minimum Gasteiger partial charge on any atom is -0.464 e. The van der Waals surface area contributed by atoms with E-state index in [2.05, 4.69) is 21.2 Å². The molecular formula is C13H16BrNO3. The molecule has 0 aromatic heterocycles. The summed E-state index contributed by atoms with van der Waals surface area (Å²) in [5.74, 6) is -0.652. The van der Waals surface area contributed by atoms with E-state index in [1.165, 1.54) is 6.92 Å². The van der Waals surface area contributed by atoms with Crippen molar-refractivity contribution in [2.24, 2.45) is 0 Å². The van der Waals surface area contributed by atoms with E-state index in [1.807, 2.05) is 24.3 Å². The van der Waals surface area contributed by atoms with Gasteiger partial charge in [0, 0.05) is 17.8 Å². The van der Waals surface area contributed by atoms with Gasteiger partial charge in [0.15, 0.2) is 0 Å². The molecule has 0 radical (unpaired) electrons. The van der Waals surface area contributed by atoms with E-state index in [1.54, 1.807) is 6.92 Å². The summed E-state index contributed by atoms with van der Waals surface area (Å²) in [7, 11) is 0. The van der Waals surface area contributed by atoms with Gasteiger partial charge in [-0.25, -0.2) is 4.79 Å². The summed E-state index contributed by atoms with van der Waals surface area (Å²) in [4.78, 5) is 22.8. The molecule has 0 aliphatic rings. The summed E-state index contributed by atoms with van der Waals surface area (Å²) in [6.07, 6.45) is 0.422. The Morgan fingerprint density at radius 2 is 1.94 bits per heavy atom. The van der Waals surface area contributed by atoms with E-state index in [-0.39, 0.29) is 5.91 Å². The van der Waals surface area contributed by atoms with E-state index in [0.717, 1.165) is 10.0 Å². The molecule has 0 aliphatic carbocycles. The molecule has 1 aromatic rings. The molecule has 5 heteroatoms. The molecule has 1 rings (SSSR count). The maximum absolute atomic E-state index is 11.7. The lowest BCUT2D eigenvalue weighted by Gasteiger charge is -2.16. The van der Waals surface area contributed by atoms with E-state index in [9.17, 15) is 9.59 Å². The van der Waals surface area contributed by atoms with E-state index >= 15 is 0 Å². The van der Waals surface area contributed by atoms with Crippen molar-refractivity contribution in [1.29, 1.82) is 0 Å². The van der Waals surface area contributed by atoms with Crippen LogP contribution in [0.2, 0.25) is 0 Å². The van der Waals surface area contributed by atoms with Crippen LogP contribution in [0.1, 0.15) is 19.4 Å². The highest BCUT2D eigenvalue weighted by Gasteiger charge is 2.20. The van der Waals surface area contributed by atoms with Gasteiger partial charge < -0.3 is 10.1 Å². The summed E-state index contributed by atoms with van der Waals surface area (Å²) in [5, 5.41) is 2.60. The minimum absolute atomic E-state index is 0.245. The van der Waals surface area contributed by atoms with Crippen molar-refractivity contribution >= 4 is 27.8 Å². The molecule has 4 nitrogen and oxygen atoms in total. The maximum Gasteiger partial charge on any atom is 0.328 e. The Kier molecular flexibility index (Phi) is 5.85. The van der Waals surface area contributed by atoms with Crippen LogP contribution in [0.5, 0.6) is 0 Å². The van der Waals surface area contributed by atoms with Crippen LogP contribution in [0.25, 0.3) is 0 Å². The average molecular weight is 314 g/mol. The Labute approximate surface area is 115 Å². The first-order valence-electron chi connectivity index (χ1n) is 5.71. The van der Waals surface area contributed by atoms with Crippen molar-refractivity contribution in [1.82, 2.24) is 5.32 Å². The van der Waals surface area contributed by atoms with Crippen LogP contribution in [0, 0.1) is 0 Å². The van der Waals surface area contributed by atoms with Gasteiger partial charge >= 0.3 is 5.97 Å². The van der Waals surface area contributed by atoms with Crippen LogP contribution in [0.3, 0.4) is 0 Å². The molecular weight excluding hydrogens is 298 g/mol. The van der Waals surface area contributed by atoms with Gasteiger partial charge in [0.1, 0.15) is 6.04 Å². The first-order valence-corrected chi connectivity index (χ1v) is 6.50. The standard InChI is InChI=1S/C13H16BrNO3/c1-3-18-13(17)12(15-9(2)16)8-10-4-6-11(14)7-5-10/h4-7,12H,3,8H2,1-2H3,(H,15,16)/t12-/m0/s1. The topological polar surface area (TPSA) is 55.4 Å². The van der Waals surface area contributed by atoms with Crippen molar-refractivity contribution in [3.05, 3.63) is 34.3 Å². The smallest absolute Gasteiger partial charge is 0.328 e. The fourth-order valence-electron chi connectivity index (χ4n) is 1.54. The number of rotatable bonds is 5. The molecule has 0 spiro atoms. The van der Waals surface area contributed by atoms with Crippen molar-refractivity contribution < 1.29 is 14.3 Å². The van der Waals surface area contributed by atoms with Crippen LogP contribution in [-0.4, -0.2) is 24.5 Å². The van der Waals surface area contributed by atoms with Gasteiger partial charge in [-0.1, -0.05) is 28.1 Å². The number of hydrogen-bond donors (Lipinski definition) is 1. The quantitative estimate of drug-likeness (QED) is 0.847. The number of ether oxygens (including phenoxy) is 1. The molecule has 1 amide bonds. The SMILES string of the molecule is CCOC(=O)[C@H](Cc1ccc(Br)cc1)NC(C)=O. The summed E-state index contributed by atoms with van der Waals surface area (Å²) >= 11 is 3.34. The van der Waals surface area contributed by atoms with E-state index in [4.69, 9.17) is 4.74 Å². The Morgan fingerprint density at radius 3 is 2.44 bits per heavy atom. The normalized spacial score (nSPS) is 11.7. The lowest BCUT2D eigenvalue weighted by atomic mass is 10.1. The summed E-state index contributed by atoms with van der Waals surface area (Å²) in [6, 6.07) is 6.95. The number of hydrogen-bond acceptors (Lipinski definition) is 3. The highest BCUT2D eigenvalue weighted by Crippen LogP contribution is 2.12. The fraction of sp³-hybridized carbons (Fsp3) is 0.385. The van der Waals surface area contributed by atoms with Gasteiger partial charge in [0.05, 0.1) is 6.61 Å². The third-order valence-corrected chi connectivity index (χ3v) is 2.83. The number of carbonyl (C=O) groups is 2. The number of carbonyl (C=O) groups excluding carboxylic acids is 2. The van der Waals surface area contributed by atoms with Gasteiger partial charge in [0.2, 0.25) is 5.91 Å². The minimum atomic E-state index is -0.636. The largest absolute Gasteiger partial charge is 0.464 e. The number of benzene rings is 1. The number of esters is 1. The molecule has 0 heterocycles. The monoisotopic (exact) mass is 313 g/mol. The Balaban J connectivity index is 2.74. The Bertz CT molecular complexity index is 417. The molecule has 0 saturated carbocycles. The lowest BCUT2D eigenvalue weighted by molar-refractivity contribution is -0.147. The van der Waals surface area contributed by atoms with E-state index < -0.39 is 12.0 Å². The molecule has 0 fully saturated rings. The predicted molar refractivity (Wildman–Crippen MR) is 72.1 cm³/mol. The summed E-state index contributed by atoms with van der Waals surface area (Å²) in [6.45, 7) is 3.42. The highest BCUT2D eigenvalue weighted by molar-refractivity contribution is 9.10. The van der Waals surface area contributed by atoms with Crippen molar-refractivity contribution in [2.45, 2.75) is 26.3 Å². The highest BCUT2D eigenvalue weighted by atomic mass is 79.9. The predicted octanol–water partition coefficient (Wildman–Crippen LogP) is 2.06. The first kappa shape index (κ1) is 14.7. The molecule has 0 unspecified atom stereocenters. The molecule has 1 aromatic carbocycles. The lowest BCUT2D eigenvalue weighted by Crippen LogP contribution is -2.42. The molecule has 98 valence electrons. The van der Waals surface area contributed by atoms with Crippen molar-refractivity contribution in [3.8, 4) is 0 Å². The van der Waals surface area contributed by atoms with Crippen LogP contribution >= 0.6 is 15.9 Å². The zero-order valence-electron chi connectivity index (χ0n) is 10.4. The van der Waals surface area contributed by atoms with Gasteiger partial charge in [-0.15, -0.1) is 0 Å². The molecule has 1 N–H and O–H groups in total. The molecule has 0 bridgehead atoms. The second-order valence-electron chi connectivity index (χ2n) is 3.84. The van der Waals surface area contributed by atoms with Crippen LogP contribution in [0.4, 0.5) is 0 Å². The second-order valence-corrected chi connectivity index (χ2v) is 4.75. The molecule has 0 aliphatic heterocycles. The van der Waals surface area contributed by atoms with Crippen LogP contribution in [-0.2, 0) is 20.7 Å². The third kappa shape index (κ3) is 4.87. The average Bonchev–Trinajstić information content (AvgIpc) is 2.31. The van der Waals surface area contributed by atoms with Gasteiger partial charge in [-0.05, 0) is 24.6 Å². The fourth-order valence-corrected chi connectivity index (χ4v) is 1.80. The number of halogens is 1. The Morgan fingerprint density at radius 1 is 1.33 bits per heavy atom. The first-order chi connectivity index (χ1) is 8.52.